The van der Waals surface area contributed by atoms with Gasteiger partial charge in [0, 0.05) is 23.7 Å². The van der Waals surface area contributed by atoms with Gasteiger partial charge >= 0.3 is 0 Å². The predicted octanol–water partition coefficient (Wildman–Crippen LogP) is 5.11. The molecule has 0 unspecified atom stereocenters. The molecule has 5 nitrogen and oxygen atoms in total. The molecular weight excluding hydrogens is 430 g/mol. The third-order valence-corrected chi connectivity index (χ3v) is 6.45. The van der Waals surface area contributed by atoms with Crippen LogP contribution in [0.25, 0.3) is 10.6 Å². The highest BCUT2D eigenvalue weighted by atomic mass is 35.5. The molecular formula is C24H26ClN3O2S. The lowest BCUT2D eigenvalue weighted by Crippen LogP contribution is -2.40. The maximum Gasteiger partial charge on any atom is 0.266 e. The van der Waals surface area contributed by atoms with Gasteiger partial charge in [-0.05, 0) is 43.5 Å². The lowest BCUT2D eigenvalue weighted by Gasteiger charge is -2.20. The van der Waals surface area contributed by atoms with Crippen LogP contribution in [0.3, 0.4) is 0 Å². The van der Waals surface area contributed by atoms with Crippen molar-refractivity contribution in [3.05, 3.63) is 75.3 Å². The van der Waals surface area contributed by atoms with Crippen molar-refractivity contribution < 1.29 is 9.59 Å². The quantitative estimate of drug-likeness (QED) is 0.513. The van der Waals surface area contributed by atoms with Crippen LogP contribution in [0.5, 0.6) is 0 Å². The molecule has 3 aromatic rings. The van der Waals surface area contributed by atoms with E-state index < -0.39 is 0 Å². The molecule has 0 aliphatic rings. The second-order valence-corrected chi connectivity index (χ2v) is 8.64. The first kappa shape index (κ1) is 23.0. The predicted molar refractivity (Wildman–Crippen MR) is 127 cm³/mol. The number of hydrogen-bond acceptors (Lipinski definition) is 4. The smallest absolute Gasteiger partial charge is 0.266 e. The highest BCUT2D eigenvalue weighted by Gasteiger charge is 2.22. The van der Waals surface area contributed by atoms with E-state index in [0.29, 0.717) is 28.7 Å². The maximum absolute atomic E-state index is 13.1. The minimum Gasteiger partial charge on any atom is -0.350 e. The average Bonchev–Trinajstić information content (AvgIpc) is 3.18. The van der Waals surface area contributed by atoms with Crippen molar-refractivity contribution in [1.29, 1.82) is 0 Å². The van der Waals surface area contributed by atoms with Crippen LogP contribution in [0.2, 0.25) is 5.02 Å². The standard InChI is InChI=1S/C24H26ClN3O2S/c1-4-17-6-10-19(11-7-17)23-27-16(3)22(31-23)24(30)28(5-2)15-21(29)26-14-18-8-12-20(25)13-9-18/h6-13H,4-5,14-15H2,1-3H3,(H,26,29). The van der Waals surface area contributed by atoms with Gasteiger partial charge in [-0.25, -0.2) is 4.98 Å². The zero-order chi connectivity index (χ0) is 22.4. The third-order valence-electron chi connectivity index (χ3n) is 5.01. The number of nitrogens with zero attached hydrogens (tertiary/aromatic N) is 2. The number of likely N-dealkylation sites (N-methyl/N-ethyl adjacent to an activating group) is 1. The molecule has 7 heteroatoms. The molecule has 0 radical (unpaired) electrons. The largest absolute Gasteiger partial charge is 0.350 e. The topological polar surface area (TPSA) is 62.3 Å². The van der Waals surface area contributed by atoms with Crippen LogP contribution in [0.15, 0.2) is 48.5 Å². The zero-order valence-corrected chi connectivity index (χ0v) is 19.5. The Balaban J connectivity index is 1.66. The minimum absolute atomic E-state index is 0.000787. The molecule has 0 atom stereocenters. The first-order valence-corrected chi connectivity index (χ1v) is 11.5. The van der Waals surface area contributed by atoms with E-state index in [1.807, 2.05) is 38.1 Å². The van der Waals surface area contributed by atoms with Crippen molar-refractivity contribution in [3.63, 3.8) is 0 Å². The molecule has 0 spiro atoms. The van der Waals surface area contributed by atoms with Gasteiger partial charge in [0.25, 0.3) is 5.91 Å². The molecule has 1 heterocycles. The van der Waals surface area contributed by atoms with Crippen LogP contribution in [0.4, 0.5) is 0 Å². The lowest BCUT2D eigenvalue weighted by atomic mass is 10.1. The average molecular weight is 456 g/mol. The van der Waals surface area contributed by atoms with E-state index in [-0.39, 0.29) is 18.4 Å². The van der Waals surface area contributed by atoms with Gasteiger partial charge in [-0.2, -0.15) is 0 Å². The van der Waals surface area contributed by atoms with E-state index in [4.69, 9.17) is 11.6 Å². The number of aromatic nitrogens is 1. The summed E-state index contributed by atoms with van der Waals surface area (Å²) >= 11 is 7.26. The van der Waals surface area contributed by atoms with Gasteiger partial charge in [0.2, 0.25) is 5.91 Å². The summed E-state index contributed by atoms with van der Waals surface area (Å²) < 4.78 is 0. The van der Waals surface area contributed by atoms with Gasteiger partial charge in [-0.15, -0.1) is 11.3 Å². The minimum atomic E-state index is -0.206. The zero-order valence-electron chi connectivity index (χ0n) is 17.9. The molecule has 2 aromatic carbocycles. The summed E-state index contributed by atoms with van der Waals surface area (Å²) in [6.07, 6.45) is 0.979. The molecule has 0 saturated heterocycles. The second kappa shape index (κ2) is 10.6. The Bertz CT molecular complexity index is 1050. The third kappa shape index (κ3) is 5.93. The van der Waals surface area contributed by atoms with Crippen LogP contribution in [0.1, 0.15) is 40.3 Å². The number of benzene rings is 2. The molecule has 3 rings (SSSR count). The Labute approximate surface area is 192 Å². The molecule has 31 heavy (non-hydrogen) atoms. The van der Waals surface area contributed by atoms with E-state index >= 15 is 0 Å². The summed E-state index contributed by atoms with van der Waals surface area (Å²) in [5.41, 5.74) is 3.89. The van der Waals surface area contributed by atoms with Crippen LogP contribution in [-0.4, -0.2) is 34.8 Å². The Morgan fingerprint density at radius 3 is 2.29 bits per heavy atom. The van der Waals surface area contributed by atoms with Crippen molar-refractivity contribution in [2.75, 3.05) is 13.1 Å². The summed E-state index contributed by atoms with van der Waals surface area (Å²) in [7, 11) is 0. The fourth-order valence-corrected chi connectivity index (χ4v) is 4.27. The fraction of sp³-hybridized carbons (Fsp3) is 0.292. The van der Waals surface area contributed by atoms with Gasteiger partial charge in [-0.1, -0.05) is 54.9 Å². The first-order valence-electron chi connectivity index (χ1n) is 10.3. The molecule has 0 saturated carbocycles. The molecule has 162 valence electrons. The van der Waals surface area contributed by atoms with Crippen LogP contribution >= 0.6 is 22.9 Å². The van der Waals surface area contributed by atoms with Gasteiger partial charge in [0.1, 0.15) is 9.88 Å². The van der Waals surface area contributed by atoms with Gasteiger partial charge in [0.05, 0.1) is 12.2 Å². The van der Waals surface area contributed by atoms with E-state index in [1.54, 1.807) is 17.0 Å². The maximum atomic E-state index is 13.1. The number of rotatable bonds is 8. The highest BCUT2D eigenvalue weighted by molar-refractivity contribution is 7.17. The van der Waals surface area contributed by atoms with Crippen molar-refractivity contribution in [3.8, 4) is 10.6 Å². The fourth-order valence-electron chi connectivity index (χ4n) is 3.10. The second-order valence-electron chi connectivity index (χ2n) is 7.21. The van der Waals surface area contributed by atoms with E-state index in [0.717, 1.165) is 22.6 Å². The molecule has 1 N–H and O–H groups in total. The Kier molecular flexibility index (Phi) is 7.82. The van der Waals surface area contributed by atoms with Crippen LogP contribution in [0, 0.1) is 6.92 Å². The molecule has 1 aromatic heterocycles. The summed E-state index contributed by atoms with van der Waals surface area (Å²) in [6, 6.07) is 15.5. The first-order chi connectivity index (χ1) is 14.9. The van der Waals surface area contributed by atoms with Crippen molar-refractivity contribution >= 4 is 34.8 Å². The Hall–Kier alpha value is -2.70. The summed E-state index contributed by atoms with van der Waals surface area (Å²) in [6.45, 7) is 6.64. The SMILES string of the molecule is CCc1ccc(-c2nc(C)c(C(=O)N(CC)CC(=O)NCc3ccc(Cl)cc3)s2)cc1. The number of carbonyl (C=O) groups excluding carboxylic acids is 2. The lowest BCUT2D eigenvalue weighted by molar-refractivity contribution is -0.121. The van der Waals surface area contributed by atoms with Gasteiger partial charge < -0.3 is 10.2 Å². The van der Waals surface area contributed by atoms with Gasteiger partial charge in [-0.3, -0.25) is 9.59 Å². The van der Waals surface area contributed by atoms with Crippen LogP contribution < -0.4 is 5.32 Å². The Morgan fingerprint density at radius 1 is 1.03 bits per heavy atom. The van der Waals surface area contributed by atoms with Crippen molar-refractivity contribution in [2.24, 2.45) is 0 Å². The van der Waals surface area contributed by atoms with E-state index in [2.05, 4.69) is 29.4 Å². The number of aryl methyl sites for hydroxylation is 2. The van der Waals surface area contributed by atoms with Crippen LogP contribution in [-0.2, 0) is 17.8 Å². The number of amides is 2. The molecule has 0 bridgehead atoms. The number of carbonyl (C=O) groups is 2. The number of thiazole rings is 1. The summed E-state index contributed by atoms with van der Waals surface area (Å²) in [5, 5.41) is 4.32. The molecule has 0 aliphatic carbocycles. The number of halogens is 1. The number of hydrogen-bond donors (Lipinski definition) is 1. The molecule has 2 amide bonds. The summed E-state index contributed by atoms with van der Waals surface area (Å²) in [4.78, 5) is 32.2. The van der Waals surface area contributed by atoms with Crippen molar-refractivity contribution in [2.45, 2.75) is 33.7 Å². The van der Waals surface area contributed by atoms with E-state index in [1.165, 1.54) is 16.9 Å². The van der Waals surface area contributed by atoms with E-state index in [9.17, 15) is 9.59 Å². The molecule has 0 aliphatic heterocycles. The van der Waals surface area contributed by atoms with Gasteiger partial charge in [0.15, 0.2) is 0 Å². The van der Waals surface area contributed by atoms with Crippen molar-refractivity contribution in [1.82, 2.24) is 15.2 Å². The molecule has 0 fully saturated rings. The normalized spacial score (nSPS) is 10.7. The summed E-state index contributed by atoms with van der Waals surface area (Å²) in [5.74, 6) is -0.377. The number of nitrogens with one attached hydrogen (secondary N) is 1. The highest BCUT2D eigenvalue weighted by Crippen LogP contribution is 2.29. The monoisotopic (exact) mass is 455 g/mol. The Morgan fingerprint density at radius 2 is 1.68 bits per heavy atom.